The maximum atomic E-state index is 11.9. The van der Waals surface area contributed by atoms with Gasteiger partial charge in [-0.15, -0.1) is 11.6 Å². The van der Waals surface area contributed by atoms with Crippen LogP contribution >= 0.6 is 11.6 Å². The van der Waals surface area contributed by atoms with Crippen molar-refractivity contribution in [2.45, 2.75) is 24.8 Å². The van der Waals surface area contributed by atoms with Crippen molar-refractivity contribution >= 4 is 23.4 Å². The second-order valence-electron chi connectivity index (χ2n) is 4.19. The summed E-state index contributed by atoms with van der Waals surface area (Å²) in [6.45, 7) is 0. The number of alkyl halides is 1. The molecule has 0 aromatic carbocycles. The number of pyridine rings is 1. The summed E-state index contributed by atoms with van der Waals surface area (Å²) >= 11 is 5.72. The van der Waals surface area contributed by atoms with Crippen molar-refractivity contribution in [3.05, 3.63) is 29.1 Å². The first-order valence-electron chi connectivity index (χ1n) is 5.74. The van der Waals surface area contributed by atoms with E-state index >= 15 is 0 Å². The summed E-state index contributed by atoms with van der Waals surface area (Å²) in [6.07, 6.45) is 2.03. The average molecular weight is 268 g/mol. The Morgan fingerprint density at radius 3 is 2.67 bits per heavy atom. The lowest BCUT2D eigenvalue weighted by Crippen LogP contribution is -2.27. The number of amides is 2. The number of carbonyl (C=O) groups is 2. The fourth-order valence-corrected chi connectivity index (χ4v) is 1.66. The molecule has 1 fully saturated rings. The zero-order valence-electron chi connectivity index (χ0n) is 10.00. The van der Waals surface area contributed by atoms with Crippen molar-refractivity contribution in [2.24, 2.45) is 0 Å². The molecule has 18 heavy (non-hydrogen) atoms. The molecule has 5 nitrogen and oxygen atoms in total. The summed E-state index contributed by atoms with van der Waals surface area (Å²) < 4.78 is 0. The first-order valence-corrected chi connectivity index (χ1v) is 6.27. The second-order valence-corrected chi connectivity index (χ2v) is 4.46. The quantitative estimate of drug-likeness (QED) is 0.802. The van der Waals surface area contributed by atoms with Crippen LogP contribution in [0.1, 0.15) is 39.4 Å². The fourth-order valence-electron chi connectivity index (χ4n) is 1.53. The van der Waals surface area contributed by atoms with E-state index in [1.807, 2.05) is 0 Å². The van der Waals surface area contributed by atoms with E-state index in [2.05, 4.69) is 15.6 Å². The molecule has 1 saturated carbocycles. The maximum Gasteiger partial charge on any atom is 0.269 e. The lowest BCUT2D eigenvalue weighted by atomic mass is 10.1. The molecule has 1 aromatic heterocycles. The third-order valence-electron chi connectivity index (χ3n) is 2.65. The molecule has 2 N–H and O–H groups in total. The molecule has 0 spiro atoms. The summed E-state index contributed by atoms with van der Waals surface area (Å²) in [6, 6.07) is 3.36. The Bertz CT molecular complexity index is 486. The van der Waals surface area contributed by atoms with Crippen LogP contribution < -0.4 is 10.6 Å². The standard InChI is InChI=1S/C12H14ClN3O2/c1-14-12(18)10-5-7(4-9(6-13)15-10)11(17)16-8-2-3-8/h4-5,8H,2-3,6H2,1H3,(H,14,18)(H,16,17). The Morgan fingerprint density at radius 1 is 1.39 bits per heavy atom. The number of nitrogens with zero attached hydrogens (tertiary/aromatic N) is 1. The number of nitrogens with one attached hydrogen (secondary N) is 2. The number of hydrogen-bond donors (Lipinski definition) is 2. The van der Waals surface area contributed by atoms with E-state index in [0.717, 1.165) is 12.8 Å². The normalized spacial score (nSPS) is 14.1. The molecule has 0 aliphatic heterocycles. The summed E-state index contributed by atoms with van der Waals surface area (Å²) in [5, 5.41) is 5.34. The predicted octanol–water partition coefficient (Wildman–Crippen LogP) is 1.07. The van der Waals surface area contributed by atoms with Gasteiger partial charge in [0, 0.05) is 18.7 Å². The highest BCUT2D eigenvalue weighted by molar-refractivity contribution is 6.17. The zero-order chi connectivity index (χ0) is 13.1. The number of aromatic nitrogens is 1. The maximum absolute atomic E-state index is 11.9. The highest BCUT2D eigenvalue weighted by atomic mass is 35.5. The first-order chi connectivity index (χ1) is 8.63. The molecule has 6 heteroatoms. The molecule has 1 aliphatic rings. The number of hydrogen-bond acceptors (Lipinski definition) is 3. The van der Waals surface area contributed by atoms with Gasteiger partial charge in [-0.05, 0) is 25.0 Å². The van der Waals surface area contributed by atoms with Crippen molar-refractivity contribution in [3.63, 3.8) is 0 Å². The van der Waals surface area contributed by atoms with Gasteiger partial charge in [-0.1, -0.05) is 0 Å². The minimum Gasteiger partial charge on any atom is -0.354 e. The summed E-state index contributed by atoms with van der Waals surface area (Å²) in [4.78, 5) is 27.5. The SMILES string of the molecule is CNC(=O)c1cc(C(=O)NC2CC2)cc(CCl)n1. The van der Waals surface area contributed by atoms with E-state index in [0.29, 0.717) is 11.3 Å². The minimum absolute atomic E-state index is 0.161. The van der Waals surface area contributed by atoms with E-state index < -0.39 is 0 Å². The molecule has 2 rings (SSSR count). The van der Waals surface area contributed by atoms with Crippen molar-refractivity contribution < 1.29 is 9.59 Å². The van der Waals surface area contributed by atoms with Gasteiger partial charge in [0.15, 0.2) is 0 Å². The molecule has 96 valence electrons. The monoisotopic (exact) mass is 267 g/mol. The van der Waals surface area contributed by atoms with Crippen LogP contribution in [0.25, 0.3) is 0 Å². The Kier molecular flexibility index (Phi) is 3.81. The summed E-state index contributed by atoms with van der Waals surface area (Å²) in [5.41, 5.74) is 1.14. The fraction of sp³-hybridized carbons (Fsp3) is 0.417. The Morgan fingerprint density at radius 2 is 2.11 bits per heavy atom. The van der Waals surface area contributed by atoms with Gasteiger partial charge in [-0.2, -0.15) is 0 Å². The molecule has 1 aliphatic carbocycles. The largest absolute Gasteiger partial charge is 0.354 e. The van der Waals surface area contributed by atoms with Crippen LogP contribution in [0.2, 0.25) is 0 Å². The van der Waals surface area contributed by atoms with Crippen LogP contribution in [0.3, 0.4) is 0 Å². The van der Waals surface area contributed by atoms with E-state index in [1.165, 1.54) is 13.1 Å². The van der Waals surface area contributed by atoms with Gasteiger partial charge in [0.2, 0.25) is 0 Å². The molecule has 0 bridgehead atoms. The number of carbonyl (C=O) groups excluding carboxylic acids is 2. The Hall–Kier alpha value is -1.62. The van der Waals surface area contributed by atoms with Crippen LogP contribution in [-0.4, -0.2) is 29.9 Å². The summed E-state index contributed by atoms with van der Waals surface area (Å²) in [5.74, 6) is -0.354. The molecule has 2 amide bonds. The van der Waals surface area contributed by atoms with Gasteiger partial charge in [0.05, 0.1) is 11.6 Å². The van der Waals surface area contributed by atoms with Gasteiger partial charge >= 0.3 is 0 Å². The zero-order valence-corrected chi connectivity index (χ0v) is 10.8. The lowest BCUT2D eigenvalue weighted by molar-refractivity contribution is 0.0951. The molecule has 0 radical (unpaired) electrons. The second kappa shape index (κ2) is 5.35. The predicted molar refractivity (Wildman–Crippen MR) is 67.7 cm³/mol. The van der Waals surface area contributed by atoms with Crippen molar-refractivity contribution in [1.29, 1.82) is 0 Å². The number of halogens is 1. The van der Waals surface area contributed by atoms with Gasteiger partial charge < -0.3 is 10.6 Å². The van der Waals surface area contributed by atoms with Crippen LogP contribution in [-0.2, 0) is 5.88 Å². The Balaban J connectivity index is 2.27. The summed E-state index contributed by atoms with van der Waals surface area (Å²) in [7, 11) is 1.52. The molecule has 0 saturated heterocycles. The third-order valence-corrected chi connectivity index (χ3v) is 2.92. The molecular formula is C12H14ClN3O2. The third kappa shape index (κ3) is 2.98. The Labute approximate surface area is 110 Å². The van der Waals surface area contributed by atoms with E-state index in [1.54, 1.807) is 6.07 Å². The molecule has 1 aromatic rings. The smallest absolute Gasteiger partial charge is 0.269 e. The van der Waals surface area contributed by atoms with Crippen LogP contribution in [0.5, 0.6) is 0 Å². The average Bonchev–Trinajstić information content (AvgIpc) is 3.20. The molecule has 0 unspecified atom stereocenters. The van der Waals surface area contributed by atoms with Crippen molar-refractivity contribution in [1.82, 2.24) is 15.6 Å². The highest BCUT2D eigenvalue weighted by Gasteiger charge is 2.24. The minimum atomic E-state index is -0.331. The highest BCUT2D eigenvalue weighted by Crippen LogP contribution is 2.19. The van der Waals surface area contributed by atoms with Gasteiger partial charge in [0.1, 0.15) is 5.69 Å². The van der Waals surface area contributed by atoms with Crippen LogP contribution in [0, 0.1) is 0 Å². The van der Waals surface area contributed by atoms with E-state index in [4.69, 9.17) is 11.6 Å². The van der Waals surface area contributed by atoms with Crippen molar-refractivity contribution in [2.75, 3.05) is 7.05 Å². The van der Waals surface area contributed by atoms with Crippen LogP contribution in [0.4, 0.5) is 0 Å². The van der Waals surface area contributed by atoms with Crippen LogP contribution in [0.15, 0.2) is 12.1 Å². The molecule has 1 heterocycles. The van der Waals surface area contributed by atoms with Gasteiger partial charge in [-0.25, -0.2) is 4.98 Å². The van der Waals surface area contributed by atoms with Gasteiger partial charge in [-0.3, -0.25) is 9.59 Å². The molecule has 0 atom stereocenters. The van der Waals surface area contributed by atoms with Crippen molar-refractivity contribution in [3.8, 4) is 0 Å². The molecular weight excluding hydrogens is 254 g/mol. The first kappa shape index (κ1) is 12.8. The van der Waals surface area contributed by atoms with E-state index in [-0.39, 0.29) is 29.4 Å². The topological polar surface area (TPSA) is 71.1 Å². The van der Waals surface area contributed by atoms with Gasteiger partial charge in [0.25, 0.3) is 11.8 Å². The number of rotatable bonds is 4. The lowest BCUT2D eigenvalue weighted by Gasteiger charge is -2.07. The van der Waals surface area contributed by atoms with E-state index in [9.17, 15) is 9.59 Å².